The first kappa shape index (κ1) is 14.2. The molecule has 3 heterocycles. The molecule has 0 saturated carbocycles. The van der Waals surface area contributed by atoms with Crippen molar-refractivity contribution in [2.24, 2.45) is 5.92 Å². The van der Waals surface area contributed by atoms with Gasteiger partial charge in [0, 0.05) is 25.1 Å². The van der Waals surface area contributed by atoms with Crippen molar-refractivity contribution in [1.82, 2.24) is 25.1 Å². The molecule has 5 nitrogen and oxygen atoms in total. The summed E-state index contributed by atoms with van der Waals surface area (Å²) >= 11 is 0. The highest BCUT2D eigenvalue weighted by atomic mass is 15.3. The topological polar surface area (TPSA) is 55.6 Å². The zero-order valence-corrected chi connectivity index (χ0v) is 12.6. The molecule has 0 unspecified atom stereocenters. The van der Waals surface area contributed by atoms with Crippen molar-refractivity contribution < 1.29 is 0 Å². The van der Waals surface area contributed by atoms with E-state index in [0.717, 1.165) is 49.6 Å². The fraction of sp³-hybridized carbons (Fsp3) is 0.562. The number of hydrogen-bond acceptors (Lipinski definition) is 4. The molecule has 3 rings (SSSR count). The maximum atomic E-state index is 4.60. The largest absolute Gasteiger partial charge is 0.316 e. The zero-order valence-electron chi connectivity index (χ0n) is 12.6. The van der Waals surface area contributed by atoms with E-state index in [2.05, 4.69) is 27.3 Å². The van der Waals surface area contributed by atoms with Crippen molar-refractivity contribution in [3.63, 3.8) is 0 Å². The Hall–Kier alpha value is -1.75. The second kappa shape index (κ2) is 6.80. The molecule has 0 amide bonds. The van der Waals surface area contributed by atoms with Crippen molar-refractivity contribution in [1.29, 1.82) is 0 Å². The number of hydrogen-bond donors (Lipinski definition) is 1. The molecule has 1 aliphatic rings. The van der Waals surface area contributed by atoms with Crippen LogP contribution in [0.5, 0.6) is 0 Å². The average molecular weight is 285 g/mol. The SMILES string of the molecule is CCCn1nccc1-c1nccnc1C[C@@H]1CCCNC1. The molecule has 1 aliphatic heterocycles. The first-order chi connectivity index (χ1) is 10.4. The van der Waals surface area contributed by atoms with Gasteiger partial charge in [0.2, 0.25) is 0 Å². The van der Waals surface area contributed by atoms with Crippen molar-refractivity contribution in [3.05, 3.63) is 30.4 Å². The molecular formula is C16H23N5. The smallest absolute Gasteiger partial charge is 0.110 e. The Morgan fingerprint density at radius 3 is 3.00 bits per heavy atom. The lowest BCUT2D eigenvalue weighted by atomic mass is 9.93. The molecule has 0 aliphatic carbocycles. The van der Waals surface area contributed by atoms with Crippen molar-refractivity contribution in [3.8, 4) is 11.4 Å². The van der Waals surface area contributed by atoms with Crippen LogP contribution >= 0.6 is 0 Å². The van der Waals surface area contributed by atoms with Crippen LogP contribution in [0.3, 0.4) is 0 Å². The number of piperidine rings is 1. The van der Waals surface area contributed by atoms with Crippen molar-refractivity contribution in [2.75, 3.05) is 13.1 Å². The number of rotatable bonds is 5. The molecule has 2 aromatic heterocycles. The summed E-state index contributed by atoms with van der Waals surface area (Å²) in [7, 11) is 0. The molecule has 5 heteroatoms. The monoisotopic (exact) mass is 285 g/mol. The predicted molar refractivity (Wildman–Crippen MR) is 82.8 cm³/mol. The number of aromatic nitrogens is 4. The Balaban J connectivity index is 1.86. The van der Waals surface area contributed by atoms with Gasteiger partial charge in [-0.15, -0.1) is 0 Å². The first-order valence-electron chi connectivity index (χ1n) is 7.91. The van der Waals surface area contributed by atoms with Crippen LogP contribution in [0, 0.1) is 5.92 Å². The lowest BCUT2D eigenvalue weighted by Gasteiger charge is -2.23. The van der Waals surface area contributed by atoms with E-state index in [-0.39, 0.29) is 0 Å². The van der Waals surface area contributed by atoms with Crippen LogP contribution in [-0.2, 0) is 13.0 Å². The van der Waals surface area contributed by atoms with Gasteiger partial charge in [0.15, 0.2) is 0 Å². The van der Waals surface area contributed by atoms with Gasteiger partial charge in [0.05, 0.1) is 11.4 Å². The number of nitrogens with one attached hydrogen (secondary N) is 1. The van der Waals surface area contributed by atoms with Gasteiger partial charge in [-0.25, -0.2) is 0 Å². The summed E-state index contributed by atoms with van der Waals surface area (Å²) in [6.07, 6.45) is 10.0. The molecule has 0 radical (unpaired) electrons. The molecule has 2 aromatic rings. The Morgan fingerprint density at radius 2 is 2.19 bits per heavy atom. The molecule has 1 fully saturated rings. The minimum absolute atomic E-state index is 0.664. The third-order valence-electron chi connectivity index (χ3n) is 4.05. The average Bonchev–Trinajstić information content (AvgIpc) is 2.97. The molecule has 0 aromatic carbocycles. The zero-order chi connectivity index (χ0) is 14.5. The molecule has 112 valence electrons. The fourth-order valence-corrected chi connectivity index (χ4v) is 3.03. The molecule has 21 heavy (non-hydrogen) atoms. The summed E-state index contributed by atoms with van der Waals surface area (Å²) < 4.78 is 2.03. The van der Waals surface area contributed by atoms with Gasteiger partial charge in [-0.1, -0.05) is 6.92 Å². The third-order valence-corrected chi connectivity index (χ3v) is 4.05. The Labute approximate surface area is 125 Å². The Kier molecular flexibility index (Phi) is 4.60. The quantitative estimate of drug-likeness (QED) is 0.916. The van der Waals surface area contributed by atoms with Crippen molar-refractivity contribution in [2.45, 2.75) is 39.2 Å². The van der Waals surface area contributed by atoms with Gasteiger partial charge in [-0.2, -0.15) is 5.10 Å². The van der Waals surface area contributed by atoms with Crippen molar-refractivity contribution >= 4 is 0 Å². The standard InChI is InChI=1S/C16H23N5/c1-2-10-21-15(5-7-20-21)16-14(18-8-9-19-16)11-13-4-3-6-17-12-13/h5,7-9,13,17H,2-4,6,10-12H2,1H3/t13-/m0/s1. The highest BCUT2D eigenvalue weighted by Gasteiger charge is 2.18. The van der Waals surface area contributed by atoms with Crippen LogP contribution in [0.2, 0.25) is 0 Å². The van der Waals surface area contributed by atoms with Crippen LogP contribution in [-0.4, -0.2) is 32.8 Å². The summed E-state index contributed by atoms with van der Waals surface area (Å²) in [5.41, 5.74) is 3.18. The van der Waals surface area contributed by atoms with Crippen LogP contribution < -0.4 is 5.32 Å². The van der Waals surface area contributed by atoms with Gasteiger partial charge in [-0.3, -0.25) is 14.6 Å². The lowest BCUT2D eigenvalue weighted by Crippen LogP contribution is -2.31. The van der Waals surface area contributed by atoms with Crippen LogP contribution in [0.25, 0.3) is 11.4 Å². The van der Waals surface area contributed by atoms with E-state index in [0.29, 0.717) is 5.92 Å². The van der Waals surface area contributed by atoms with Gasteiger partial charge < -0.3 is 5.32 Å². The Bertz CT molecular complexity index is 572. The predicted octanol–water partition coefficient (Wildman–Crippen LogP) is 2.29. The van der Waals surface area contributed by atoms with Gasteiger partial charge in [0.25, 0.3) is 0 Å². The van der Waals surface area contributed by atoms with Crippen LogP contribution in [0.4, 0.5) is 0 Å². The maximum absolute atomic E-state index is 4.60. The summed E-state index contributed by atoms with van der Waals surface area (Å²) in [4.78, 5) is 9.18. The highest BCUT2D eigenvalue weighted by Crippen LogP contribution is 2.24. The molecule has 1 N–H and O–H groups in total. The molecule has 1 saturated heterocycles. The van der Waals surface area contributed by atoms with Gasteiger partial charge in [-0.05, 0) is 50.8 Å². The van der Waals surface area contributed by atoms with E-state index in [1.54, 1.807) is 12.4 Å². The van der Waals surface area contributed by atoms with Crippen LogP contribution in [0.15, 0.2) is 24.7 Å². The lowest BCUT2D eigenvalue weighted by molar-refractivity contribution is 0.373. The molecule has 1 atom stereocenters. The Morgan fingerprint density at radius 1 is 1.29 bits per heavy atom. The first-order valence-corrected chi connectivity index (χ1v) is 7.91. The van der Waals surface area contributed by atoms with E-state index in [9.17, 15) is 0 Å². The van der Waals surface area contributed by atoms with E-state index in [1.807, 2.05) is 16.9 Å². The van der Waals surface area contributed by atoms with Gasteiger partial charge in [0.1, 0.15) is 5.69 Å². The second-order valence-electron chi connectivity index (χ2n) is 5.71. The number of aryl methyl sites for hydroxylation is 1. The van der Waals surface area contributed by atoms with E-state index in [4.69, 9.17) is 0 Å². The molecular weight excluding hydrogens is 262 g/mol. The summed E-state index contributed by atoms with van der Waals surface area (Å²) in [5, 5.41) is 7.88. The van der Waals surface area contributed by atoms with E-state index >= 15 is 0 Å². The summed E-state index contributed by atoms with van der Waals surface area (Å²) in [6, 6.07) is 2.04. The number of nitrogens with zero attached hydrogens (tertiary/aromatic N) is 4. The maximum Gasteiger partial charge on any atom is 0.110 e. The van der Waals surface area contributed by atoms with E-state index < -0.39 is 0 Å². The minimum Gasteiger partial charge on any atom is -0.316 e. The fourth-order valence-electron chi connectivity index (χ4n) is 3.03. The molecule has 0 spiro atoms. The highest BCUT2D eigenvalue weighted by molar-refractivity contribution is 5.56. The van der Waals surface area contributed by atoms with Crippen LogP contribution in [0.1, 0.15) is 31.9 Å². The normalized spacial score (nSPS) is 18.8. The minimum atomic E-state index is 0.664. The van der Waals surface area contributed by atoms with E-state index in [1.165, 1.54) is 12.8 Å². The van der Waals surface area contributed by atoms with Gasteiger partial charge >= 0.3 is 0 Å². The summed E-state index contributed by atoms with van der Waals surface area (Å²) in [5.74, 6) is 0.664. The summed E-state index contributed by atoms with van der Waals surface area (Å²) in [6.45, 7) is 5.32. The molecule has 0 bridgehead atoms. The third kappa shape index (κ3) is 3.29. The second-order valence-corrected chi connectivity index (χ2v) is 5.71.